The van der Waals surface area contributed by atoms with Crippen LogP contribution in [0.5, 0.6) is 0 Å². The number of aryl methyl sites for hydroxylation is 1. The molecule has 6 heteroatoms. The van der Waals surface area contributed by atoms with Gasteiger partial charge in [-0.15, -0.1) is 0 Å². The number of nitrogens with zero attached hydrogens (tertiary/aromatic N) is 2. The minimum absolute atomic E-state index is 0.0377. The third-order valence-corrected chi connectivity index (χ3v) is 4.21. The number of carbonyl (C=O) groups excluding carboxylic acids is 1. The number of amides is 1. The highest BCUT2D eigenvalue weighted by Gasteiger charge is 2.09. The second-order valence-corrected chi connectivity index (χ2v) is 5.82. The summed E-state index contributed by atoms with van der Waals surface area (Å²) in [5.41, 5.74) is 1.99. The van der Waals surface area contributed by atoms with Gasteiger partial charge in [0.25, 0.3) is 0 Å². The Bertz CT molecular complexity index is 768. The van der Waals surface area contributed by atoms with E-state index in [1.165, 1.54) is 11.3 Å². The van der Waals surface area contributed by atoms with E-state index in [4.69, 9.17) is 5.26 Å². The fourth-order valence-electron chi connectivity index (χ4n) is 1.95. The molecule has 108 valence electrons. The van der Waals surface area contributed by atoms with Gasteiger partial charge in [0.1, 0.15) is 0 Å². The van der Waals surface area contributed by atoms with E-state index < -0.39 is 0 Å². The molecule has 1 aromatic heterocycles. The number of nitrogens with one attached hydrogen (secondary N) is 1. The van der Waals surface area contributed by atoms with Gasteiger partial charge in [-0.1, -0.05) is 17.4 Å². The molecular weight excluding hydrogens is 286 g/mol. The summed E-state index contributed by atoms with van der Waals surface area (Å²) in [6.45, 7) is 4.13. The molecular formula is C15H15N3O2S. The minimum Gasteiger partial charge on any atom is -0.326 e. The van der Waals surface area contributed by atoms with Crippen LogP contribution in [0.4, 0.5) is 5.69 Å². The van der Waals surface area contributed by atoms with Crippen molar-refractivity contribution in [3.63, 3.8) is 0 Å². The Labute approximate surface area is 126 Å². The number of carbonyl (C=O) groups is 1. The predicted octanol–water partition coefficient (Wildman–Crippen LogP) is 2.43. The quantitative estimate of drug-likeness (QED) is 0.942. The van der Waals surface area contributed by atoms with E-state index in [0.29, 0.717) is 17.8 Å². The van der Waals surface area contributed by atoms with Crippen LogP contribution in [0.2, 0.25) is 0 Å². The molecule has 1 N–H and O–H groups in total. The van der Waals surface area contributed by atoms with E-state index in [0.717, 1.165) is 10.6 Å². The molecule has 0 radical (unpaired) electrons. The number of nitriles is 1. The summed E-state index contributed by atoms with van der Waals surface area (Å²) in [7, 11) is 0. The Balaban J connectivity index is 1.99. The van der Waals surface area contributed by atoms with Gasteiger partial charge in [-0.3, -0.25) is 9.59 Å². The number of aromatic nitrogens is 1. The summed E-state index contributed by atoms with van der Waals surface area (Å²) in [6, 6.07) is 8.75. The molecule has 0 unspecified atom stereocenters. The van der Waals surface area contributed by atoms with Gasteiger partial charge in [0.05, 0.1) is 11.6 Å². The first-order valence-electron chi connectivity index (χ1n) is 6.48. The van der Waals surface area contributed by atoms with E-state index in [1.54, 1.807) is 28.8 Å². The Morgan fingerprint density at radius 2 is 2.19 bits per heavy atom. The highest BCUT2D eigenvalue weighted by Crippen LogP contribution is 2.12. The molecule has 0 aliphatic heterocycles. The number of anilines is 1. The van der Waals surface area contributed by atoms with Crippen molar-refractivity contribution in [1.82, 2.24) is 4.57 Å². The lowest BCUT2D eigenvalue weighted by atomic mass is 10.2. The molecule has 0 saturated heterocycles. The predicted molar refractivity (Wildman–Crippen MR) is 82.5 cm³/mol. The zero-order valence-corrected chi connectivity index (χ0v) is 12.7. The highest BCUT2D eigenvalue weighted by molar-refractivity contribution is 7.09. The molecule has 0 spiro atoms. The van der Waals surface area contributed by atoms with Crippen molar-refractivity contribution in [1.29, 1.82) is 5.26 Å². The maximum atomic E-state index is 11.9. The number of benzene rings is 1. The SMILES string of the molecule is Cc1sc(=O)n(CCC(=O)Nc2cccc(C#N)c2)c1C. The maximum Gasteiger partial charge on any atom is 0.307 e. The number of hydrogen-bond acceptors (Lipinski definition) is 4. The third-order valence-electron chi connectivity index (χ3n) is 3.21. The summed E-state index contributed by atoms with van der Waals surface area (Å²) in [5, 5.41) is 11.5. The Hall–Kier alpha value is -2.39. The van der Waals surface area contributed by atoms with Gasteiger partial charge in [0.15, 0.2) is 0 Å². The molecule has 0 aliphatic carbocycles. The van der Waals surface area contributed by atoms with Crippen LogP contribution in [0.25, 0.3) is 0 Å². The normalized spacial score (nSPS) is 10.1. The summed E-state index contributed by atoms with van der Waals surface area (Å²) in [6.07, 6.45) is 0.216. The molecule has 2 rings (SSSR count). The zero-order valence-electron chi connectivity index (χ0n) is 11.8. The molecule has 0 fully saturated rings. The summed E-state index contributed by atoms with van der Waals surface area (Å²) in [4.78, 5) is 24.6. The Morgan fingerprint density at radius 1 is 1.43 bits per heavy atom. The van der Waals surface area contributed by atoms with Crippen molar-refractivity contribution in [3.05, 3.63) is 50.1 Å². The van der Waals surface area contributed by atoms with Crippen molar-refractivity contribution < 1.29 is 4.79 Å². The third kappa shape index (κ3) is 3.58. The second kappa shape index (κ2) is 6.37. The van der Waals surface area contributed by atoms with Gasteiger partial charge >= 0.3 is 4.87 Å². The smallest absolute Gasteiger partial charge is 0.307 e. The molecule has 0 bridgehead atoms. The number of hydrogen-bond donors (Lipinski definition) is 1. The minimum atomic E-state index is -0.180. The van der Waals surface area contributed by atoms with E-state index in [9.17, 15) is 9.59 Å². The first-order valence-corrected chi connectivity index (χ1v) is 7.29. The van der Waals surface area contributed by atoms with Gasteiger partial charge in [0, 0.05) is 29.2 Å². The zero-order chi connectivity index (χ0) is 15.4. The van der Waals surface area contributed by atoms with Crippen molar-refractivity contribution >= 4 is 22.9 Å². The fraction of sp³-hybridized carbons (Fsp3) is 0.267. The second-order valence-electron chi connectivity index (χ2n) is 4.65. The van der Waals surface area contributed by atoms with Crippen molar-refractivity contribution in [2.24, 2.45) is 0 Å². The lowest BCUT2D eigenvalue weighted by Crippen LogP contribution is -2.20. The Morgan fingerprint density at radius 3 is 2.81 bits per heavy atom. The van der Waals surface area contributed by atoms with Crippen molar-refractivity contribution in [2.75, 3.05) is 5.32 Å². The average molecular weight is 301 g/mol. The van der Waals surface area contributed by atoms with Crippen LogP contribution in [-0.2, 0) is 11.3 Å². The van der Waals surface area contributed by atoms with Crippen LogP contribution in [-0.4, -0.2) is 10.5 Å². The number of rotatable bonds is 4. The molecule has 1 amide bonds. The van der Waals surface area contributed by atoms with Crippen LogP contribution < -0.4 is 10.2 Å². The van der Waals surface area contributed by atoms with Crippen LogP contribution in [0.3, 0.4) is 0 Å². The molecule has 2 aromatic rings. The Kier molecular flexibility index (Phi) is 4.55. The standard InChI is InChI=1S/C15H15N3O2S/c1-10-11(2)21-15(20)18(10)7-6-14(19)17-13-5-3-4-12(8-13)9-16/h3-5,8H,6-7H2,1-2H3,(H,17,19). The van der Waals surface area contributed by atoms with Gasteiger partial charge in [-0.05, 0) is 32.0 Å². The largest absolute Gasteiger partial charge is 0.326 e. The van der Waals surface area contributed by atoms with E-state index in [1.807, 2.05) is 19.9 Å². The van der Waals surface area contributed by atoms with E-state index >= 15 is 0 Å². The average Bonchev–Trinajstić information content (AvgIpc) is 2.70. The van der Waals surface area contributed by atoms with Crippen LogP contribution in [0.15, 0.2) is 29.1 Å². The highest BCUT2D eigenvalue weighted by atomic mass is 32.1. The van der Waals surface area contributed by atoms with Gasteiger partial charge < -0.3 is 9.88 Å². The van der Waals surface area contributed by atoms with Gasteiger partial charge in [0.2, 0.25) is 5.91 Å². The molecule has 21 heavy (non-hydrogen) atoms. The maximum absolute atomic E-state index is 11.9. The molecule has 5 nitrogen and oxygen atoms in total. The summed E-state index contributed by atoms with van der Waals surface area (Å²) in [5.74, 6) is -0.180. The van der Waals surface area contributed by atoms with Crippen LogP contribution in [0, 0.1) is 25.2 Å². The topological polar surface area (TPSA) is 74.9 Å². The summed E-state index contributed by atoms with van der Waals surface area (Å²) >= 11 is 1.20. The summed E-state index contributed by atoms with van der Waals surface area (Å²) < 4.78 is 1.62. The molecule has 1 aromatic carbocycles. The van der Waals surface area contributed by atoms with Gasteiger partial charge in [-0.25, -0.2) is 0 Å². The van der Waals surface area contributed by atoms with E-state index in [-0.39, 0.29) is 17.2 Å². The molecule has 0 atom stereocenters. The molecule has 0 saturated carbocycles. The monoisotopic (exact) mass is 301 g/mol. The van der Waals surface area contributed by atoms with E-state index in [2.05, 4.69) is 5.32 Å². The first kappa shape index (κ1) is 15.0. The lowest BCUT2D eigenvalue weighted by molar-refractivity contribution is -0.116. The van der Waals surface area contributed by atoms with Gasteiger partial charge in [-0.2, -0.15) is 5.26 Å². The lowest BCUT2D eigenvalue weighted by Gasteiger charge is -2.07. The first-order chi connectivity index (χ1) is 10.0. The van der Waals surface area contributed by atoms with Crippen LogP contribution >= 0.6 is 11.3 Å². The molecule has 0 aliphatic rings. The molecule has 1 heterocycles. The van der Waals surface area contributed by atoms with Crippen LogP contribution in [0.1, 0.15) is 22.6 Å². The van der Waals surface area contributed by atoms with Crippen molar-refractivity contribution in [2.45, 2.75) is 26.8 Å². The fourth-order valence-corrected chi connectivity index (χ4v) is 2.81. The number of thiazole rings is 1. The van der Waals surface area contributed by atoms with Crippen molar-refractivity contribution in [3.8, 4) is 6.07 Å².